The number of ether oxygens (including phenoxy) is 1. The zero-order chi connectivity index (χ0) is 15.4. The molecule has 0 radical (unpaired) electrons. The van der Waals surface area contributed by atoms with Crippen molar-refractivity contribution in [3.63, 3.8) is 0 Å². The molecule has 1 fully saturated rings. The summed E-state index contributed by atoms with van der Waals surface area (Å²) in [6, 6.07) is 6.13. The molecule has 0 aromatic heterocycles. The highest BCUT2D eigenvalue weighted by Crippen LogP contribution is 2.28. The van der Waals surface area contributed by atoms with Gasteiger partial charge >= 0.3 is 0 Å². The van der Waals surface area contributed by atoms with Crippen LogP contribution in [0.4, 0.5) is 5.69 Å². The van der Waals surface area contributed by atoms with Gasteiger partial charge in [0.1, 0.15) is 12.4 Å². The number of amides is 1. The minimum absolute atomic E-state index is 0.234. The summed E-state index contributed by atoms with van der Waals surface area (Å²) in [7, 11) is 0. The first-order valence-electron chi connectivity index (χ1n) is 8.21. The monoisotopic (exact) mass is 300 g/mol. The number of carbonyl (C=O) groups excluding carboxylic acids is 1. The Bertz CT molecular complexity index is 560. The van der Waals surface area contributed by atoms with Gasteiger partial charge in [-0.2, -0.15) is 0 Å². The van der Waals surface area contributed by atoms with E-state index in [0.29, 0.717) is 13.0 Å². The molecular weight excluding hydrogens is 276 g/mol. The van der Waals surface area contributed by atoms with Gasteiger partial charge in [-0.25, -0.2) is 0 Å². The van der Waals surface area contributed by atoms with Crippen LogP contribution < -0.4 is 9.64 Å². The first-order chi connectivity index (χ1) is 10.8. The summed E-state index contributed by atoms with van der Waals surface area (Å²) >= 11 is 0. The fourth-order valence-corrected chi connectivity index (χ4v) is 3.06. The molecule has 1 saturated heterocycles. The molecule has 1 aromatic rings. The Balaban J connectivity index is 1.62. The maximum atomic E-state index is 11.9. The number of carbonyl (C=O) groups is 1. The molecule has 0 bridgehead atoms. The molecule has 2 aliphatic rings. The largest absolute Gasteiger partial charge is 0.492 e. The molecule has 0 unspecified atom stereocenters. The van der Waals surface area contributed by atoms with Crippen molar-refractivity contribution in [2.24, 2.45) is 0 Å². The summed E-state index contributed by atoms with van der Waals surface area (Å²) in [5.74, 6) is 1.18. The van der Waals surface area contributed by atoms with Crippen LogP contribution in [0.25, 0.3) is 0 Å². The summed E-state index contributed by atoms with van der Waals surface area (Å²) in [6.45, 7) is 6.67. The van der Waals surface area contributed by atoms with Crippen molar-refractivity contribution in [2.75, 3.05) is 37.7 Å². The molecule has 4 nitrogen and oxygen atoms in total. The third-order valence-corrected chi connectivity index (χ3v) is 4.37. The van der Waals surface area contributed by atoms with E-state index in [-0.39, 0.29) is 5.91 Å². The summed E-state index contributed by atoms with van der Waals surface area (Å²) < 4.78 is 5.96. The molecular formula is C18H24N2O2. The first-order valence-corrected chi connectivity index (χ1v) is 8.21. The Kier molecular flexibility index (Phi) is 4.78. The van der Waals surface area contributed by atoms with E-state index in [1.165, 1.54) is 5.56 Å². The lowest BCUT2D eigenvalue weighted by atomic mass is 10.1. The van der Waals surface area contributed by atoms with Crippen molar-refractivity contribution in [3.05, 3.63) is 35.9 Å². The van der Waals surface area contributed by atoms with Crippen LogP contribution in [0.3, 0.4) is 0 Å². The summed E-state index contributed by atoms with van der Waals surface area (Å²) in [4.78, 5) is 16.1. The van der Waals surface area contributed by atoms with Crippen molar-refractivity contribution in [2.45, 2.75) is 26.2 Å². The van der Waals surface area contributed by atoms with Gasteiger partial charge in [0.05, 0.1) is 0 Å². The number of nitrogens with zero attached hydrogens (tertiary/aromatic N) is 2. The molecule has 0 atom stereocenters. The van der Waals surface area contributed by atoms with E-state index in [1.54, 1.807) is 0 Å². The lowest BCUT2D eigenvalue weighted by molar-refractivity contribution is -0.117. The fraction of sp³-hybridized carbons (Fsp3) is 0.500. The smallest absolute Gasteiger partial charge is 0.227 e. The van der Waals surface area contributed by atoms with Crippen LogP contribution in [0, 0.1) is 0 Å². The molecule has 2 heterocycles. The molecule has 0 spiro atoms. The summed E-state index contributed by atoms with van der Waals surface area (Å²) in [5.41, 5.74) is 2.19. The molecule has 4 heteroatoms. The molecule has 1 aromatic carbocycles. The topological polar surface area (TPSA) is 32.8 Å². The van der Waals surface area contributed by atoms with Crippen molar-refractivity contribution >= 4 is 11.6 Å². The van der Waals surface area contributed by atoms with Gasteiger partial charge in [-0.1, -0.05) is 19.1 Å². The average Bonchev–Trinajstić information content (AvgIpc) is 3.19. The number of hydrogen-bond acceptors (Lipinski definition) is 3. The van der Waals surface area contributed by atoms with Crippen LogP contribution in [-0.4, -0.2) is 43.6 Å². The highest BCUT2D eigenvalue weighted by Gasteiger charge is 2.22. The molecule has 2 aliphatic heterocycles. The molecule has 22 heavy (non-hydrogen) atoms. The quantitative estimate of drug-likeness (QED) is 0.757. The first kappa shape index (κ1) is 15.1. The minimum atomic E-state index is 0.234. The molecule has 0 saturated carbocycles. The van der Waals surface area contributed by atoms with Gasteiger partial charge in [-0.05, 0) is 36.6 Å². The fourth-order valence-electron chi connectivity index (χ4n) is 3.06. The third-order valence-electron chi connectivity index (χ3n) is 4.37. The lowest BCUT2D eigenvalue weighted by Crippen LogP contribution is -2.26. The molecule has 0 aliphatic carbocycles. The van der Waals surface area contributed by atoms with Gasteiger partial charge in [0.15, 0.2) is 0 Å². The number of aryl methyl sites for hydroxylation is 1. The maximum Gasteiger partial charge on any atom is 0.227 e. The summed E-state index contributed by atoms with van der Waals surface area (Å²) in [6.07, 6.45) is 6.93. The van der Waals surface area contributed by atoms with Gasteiger partial charge in [0.2, 0.25) is 5.91 Å². The zero-order valence-corrected chi connectivity index (χ0v) is 13.3. The highest BCUT2D eigenvalue weighted by atomic mass is 16.5. The number of benzene rings is 1. The normalized spacial score (nSPS) is 18.4. The lowest BCUT2D eigenvalue weighted by Gasteiger charge is -2.19. The molecule has 3 rings (SSSR count). The van der Waals surface area contributed by atoms with Crippen LogP contribution in [-0.2, 0) is 11.2 Å². The predicted octanol–water partition coefficient (Wildman–Crippen LogP) is 2.63. The van der Waals surface area contributed by atoms with Crippen molar-refractivity contribution in [1.82, 2.24) is 4.90 Å². The molecule has 0 N–H and O–H groups in total. The van der Waals surface area contributed by atoms with Crippen LogP contribution in [0.5, 0.6) is 5.75 Å². The van der Waals surface area contributed by atoms with E-state index in [4.69, 9.17) is 4.74 Å². The Morgan fingerprint density at radius 1 is 1.23 bits per heavy atom. The highest BCUT2D eigenvalue weighted by molar-refractivity contribution is 5.95. The van der Waals surface area contributed by atoms with E-state index < -0.39 is 0 Å². The van der Waals surface area contributed by atoms with Gasteiger partial charge in [-0.3, -0.25) is 9.69 Å². The van der Waals surface area contributed by atoms with E-state index in [1.807, 2.05) is 17.0 Å². The standard InChI is InChI=1S/C18H24N2O2/c1-2-15-14-16(20-11-5-6-18(20)21)7-8-17(15)22-13-12-19-9-3-4-10-19/h3-4,7-8,14H,2,5-6,9-13H2,1H3. The summed E-state index contributed by atoms with van der Waals surface area (Å²) in [5, 5.41) is 0. The van der Waals surface area contributed by atoms with E-state index in [2.05, 4.69) is 30.0 Å². The van der Waals surface area contributed by atoms with Crippen LogP contribution in [0.15, 0.2) is 30.4 Å². The van der Waals surface area contributed by atoms with Gasteiger partial charge < -0.3 is 9.64 Å². The van der Waals surface area contributed by atoms with E-state index >= 15 is 0 Å². The number of anilines is 1. The SMILES string of the molecule is CCc1cc(N2CCCC2=O)ccc1OCCN1CC=CC1. The minimum Gasteiger partial charge on any atom is -0.492 e. The second kappa shape index (κ2) is 6.97. The Morgan fingerprint density at radius 3 is 2.73 bits per heavy atom. The van der Waals surface area contributed by atoms with Gasteiger partial charge in [-0.15, -0.1) is 0 Å². The third kappa shape index (κ3) is 3.33. The van der Waals surface area contributed by atoms with Gasteiger partial charge in [0.25, 0.3) is 0 Å². The number of hydrogen-bond donors (Lipinski definition) is 0. The molecule has 118 valence electrons. The van der Waals surface area contributed by atoms with Crippen LogP contribution in [0.1, 0.15) is 25.3 Å². The second-order valence-corrected chi connectivity index (χ2v) is 5.87. The van der Waals surface area contributed by atoms with Crippen LogP contribution >= 0.6 is 0 Å². The van der Waals surface area contributed by atoms with Crippen molar-refractivity contribution in [3.8, 4) is 5.75 Å². The second-order valence-electron chi connectivity index (χ2n) is 5.87. The van der Waals surface area contributed by atoms with Crippen LogP contribution in [0.2, 0.25) is 0 Å². The van der Waals surface area contributed by atoms with Crippen molar-refractivity contribution < 1.29 is 9.53 Å². The van der Waals surface area contributed by atoms with Gasteiger partial charge in [0, 0.05) is 38.3 Å². The van der Waals surface area contributed by atoms with E-state index in [9.17, 15) is 4.79 Å². The maximum absolute atomic E-state index is 11.9. The average molecular weight is 300 g/mol. The zero-order valence-electron chi connectivity index (χ0n) is 13.3. The predicted molar refractivity (Wildman–Crippen MR) is 88.5 cm³/mol. The Morgan fingerprint density at radius 2 is 2.05 bits per heavy atom. The number of rotatable bonds is 6. The Hall–Kier alpha value is -1.81. The Labute approximate surface area is 132 Å². The van der Waals surface area contributed by atoms with Crippen molar-refractivity contribution in [1.29, 1.82) is 0 Å². The van der Waals surface area contributed by atoms with E-state index in [0.717, 1.165) is 50.5 Å². The molecule has 1 amide bonds.